The number of hydrogen-bond donors (Lipinski definition) is 1. The fourth-order valence-electron chi connectivity index (χ4n) is 3.47. The maximum Gasteiger partial charge on any atom is 0.194 e. The van der Waals surface area contributed by atoms with Crippen LogP contribution in [0.4, 0.5) is 5.69 Å². The van der Waals surface area contributed by atoms with Gasteiger partial charge in [0.1, 0.15) is 0 Å². The molecule has 0 bridgehead atoms. The number of hydrogen-bond acceptors (Lipinski definition) is 4. The molecule has 1 aliphatic heterocycles. The van der Waals surface area contributed by atoms with Crippen LogP contribution in [0.15, 0.2) is 39.8 Å². The van der Waals surface area contributed by atoms with Crippen LogP contribution in [0.1, 0.15) is 43.2 Å². The van der Waals surface area contributed by atoms with Gasteiger partial charge in [0.05, 0.1) is 12.2 Å². The first-order valence-electron chi connectivity index (χ1n) is 9.89. The summed E-state index contributed by atoms with van der Waals surface area (Å²) in [5, 5.41) is 7.37. The Morgan fingerprint density at radius 1 is 1.21 bits per heavy atom. The highest BCUT2D eigenvalue weighted by molar-refractivity contribution is 14.0. The van der Waals surface area contributed by atoms with Gasteiger partial charge in [-0.3, -0.25) is 4.99 Å². The lowest BCUT2D eigenvalue weighted by Gasteiger charge is -2.29. The van der Waals surface area contributed by atoms with Crippen LogP contribution in [0.2, 0.25) is 0 Å². The summed E-state index contributed by atoms with van der Waals surface area (Å²) in [6.45, 7) is 5.81. The third-order valence-corrected chi connectivity index (χ3v) is 5.04. The molecule has 0 spiro atoms. The molecule has 0 saturated carbocycles. The molecule has 1 fully saturated rings. The molecule has 0 radical (unpaired) electrons. The zero-order chi connectivity index (χ0) is 19.1. The summed E-state index contributed by atoms with van der Waals surface area (Å²) >= 11 is 0. The summed E-state index contributed by atoms with van der Waals surface area (Å²) < 4.78 is 5.33. The number of guanidine groups is 1. The molecule has 1 N–H and O–H groups in total. The van der Waals surface area contributed by atoms with Gasteiger partial charge in [0, 0.05) is 45.5 Å². The number of nitrogens with zero attached hydrogens (tertiary/aromatic N) is 4. The van der Waals surface area contributed by atoms with Gasteiger partial charge in [-0.05, 0) is 43.4 Å². The number of rotatable bonds is 6. The van der Waals surface area contributed by atoms with Crippen LogP contribution < -0.4 is 10.2 Å². The SMILES string of the molecule is CCc1cc(CNC(=NC)N(C)Cc2ccc(N3CCCCC3)cc2)on1.I. The lowest BCUT2D eigenvalue weighted by molar-refractivity contribution is 0.371. The summed E-state index contributed by atoms with van der Waals surface area (Å²) in [6, 6.07) is 10.9. The van der Waals surface area contributed by atoms with Crippen molar-refractivity contribution in [3.8, 4) is 0 Å². The fourth-order valence-corrected chi connectivity index (χ4v) is 3.47. The fraction of sp³-hybridized carbons (Fsp3) is 0.524. The van der Waals surface area contributed by atoms with Gasteiger partial charge >= 0.3 is 0 Å². The average molecular weight is 497 g/mol. The standard InChI is InChI=1S/C21H31N5O.HI/c1-4-18-14-20(27-24-18)15-23-21(22-2)25(3)16-17-8-10-19(11-9-17)26-12-6-5-7-13-26;/h8-11,14H,4-7,12-13,15-16H2,1-3H3,(H,22,23);1H. The number of nitrogens with one attached hydrogen (secondary N) is 1. The Morgan fingerprint density at radius 3 is 2.54 bits per heavy atom. The van der Waals surface area contributed by atoms with E-state index in [0.29, 0.717) is 6.54 Å². The van der Waals surface area contributed by atoms with E-state index >= 15 is 0 Å². The first kappa shape index (κ1) is 22.5. The van der Waals surface area contributed by atoms with Gasteiger partial charge in [-0.25, -0.2) is 0 Å². The van der Waals surface area contributed by atoms with Crippen molar-refractivity contribution in [2.45, 2.75) is 45.7 Å². The second-order valence-corrected chi connectivity index (χ2v) is 7.11. The quantitative estimate of drug-likeness (QED) is 0.371. The largest absolute Gasteiger partial charge is 0.372 e. The zero-order valence-corrected chi connectivity index (χ0v) is 19.5. The maximum absolute atomic E-state index is 5.33. The summed E-state index contributed by atoms with van der Waals surface area (Å²) in [7, 11) is 3.85. The molecule has 7 heteroatoms. The molecular weight excluding hydrogens is 465 g/mol. The molecule has 0 amide bonds. The summed E-state index contributed by atoms with van der Waals surface area (Å²) in [4.78, 5) is 8.98. The highest BCUT2D eigenvalue weighted by Gasteiger charge is 2.12. The minimum atomic E-state index is 0. The molecule has 154 valence electrons. The van der Waals surface area contributed by atoms with Crippen LogP contribution in [0.25, 0.3) is 0 Å². The third kappa shape index (κ3) is 6.12. The maximum atomic E-state index is 5.33. The highest BCUT2D eigenvalue weighted by Crippen LogP contribution is 2.20. The smallest absolute Gasteiger partial charge is 0.194 e. The van der Waals surface area contributed by atoms with E-state index in [0.717, 1.165) is 30.4 Å². The van der Waals surface area contributed by atoms with Gasteiger partial charge in [0.15, 0.2) is 11.7 Å². The summed E-state index contributed by atoms with van der Waals surface area (Å²) in [5.41, 5.74) is 3.58. The Hall–Kier alpha value is -1.77. The van der Waals surface area contributed by atoms with Crippen molar-refractivity contribution >= 4 is 35.6 Å². The highest BCUT2D eigenvalue weighted by atomic mass is 127. The molecule has 2 aromatic rings. The van der Waals surface area contributed by atoms with Crippen molar-refractivity contribution < 1.29 is 4.52 Å². The number of aromatic nitrogens is 1. The lowest BCUT2D eigenvalue weighted by atomic mass is 10.1. The first-order chi connectivity index (χ1) is 13.2. The third-order valence-electron chi connectivity index (χ3n) is 5.04. The molecule has 3 rings (SSSR count). The van der Waals surface area contributed by atoms with Crippen molar-refractivity contribution in [3.63, 3.8) is 0 Å². The Labute approximate surface area is 185 Å². The topological polar surface area (TPSA) is 56.9 Å². The number of aliphatic imine (C=N–C) groups is 1. The van der Waals surface area contributed by atoms with Crippen LogP contribution >= 0.6 is 24.0 Å². The van der Waals surface area contributed by atoms with E-state index in [1.165, 1.54) is 43.6 Å². The van der Waals surface area contributed by atoms with E-state index in [2.05, 4.69) is 56.5 Å². The van der Waals surface area contributed by atoms with Crippen LogP contribution in [0.3, 0.4) is 0 Å². The number of halogens is 1. The molecule has 0 atom stereocenters. The number of anilines is 1. The second-order valence-electron chi connectivity index (χ2n) is 7.11. The van der Waals surface area contributed by atoms with Gasteiger partial charge in [-0.2, -0.15) is 0 Å². The van der Waals surface area contributed by atoms with E-state index < -0.39 is 0 Å². The molecule has 1 aliphatic rings. The molecule has 0 unspecified atom stereocenters. The van der Waals surface area contributed by atoms with Crippen molar-refractivity contribution in [3.05, 3.63) is 47.3 Å². The summed E-state index contributed by atoms with van der Waals surface area (Å²) in [5.74, 6) is 1.66. The molecule has 1 aromatic heterocycles. The van der Waals surface area contributed by atoms with Crippen LogP contribution in [0, 0.1) is 0 Å². The molecule has 28 heavy (non-hydrogen) atoms. The van der Waals surface area contributed by atoms with Gasteiger partial charge in [0.25, 0.3) is 0 Å². The van der Waals surface area contributed by atoms with Gasteiger partial charge in [-0.15, -0.1) is 24.0 Å². The van der Waals surface area contributed by atoms with E-state index in [4.69, 9.17) is 4.52 Å². The minimum absolute atomic E-state index is 0. The van der Waals surface area contributed by atoms with Gasteiger partial charge in [0.2, 0.25) is 0 Å². The second kappa shape index (κ2) is 11.3. The molecule has 1 saturated heterocycles. The molecule has 0 aliphatic carbocycles. The first-order valence-corrected chi connectivity index (χ1v) is 9.89. The molecule has 6 nitrogen and oxygen atoms in total. The Bertz CT molecular complexity index is 738. The van der Waals surface area contributed by atoms with E-state index in [1.807, 2.05) is 13.1 Å². The Morgan fingerprint density at radius 2 is 1.93 bits per heavy atom. The van der Waals surface area contributed by atoms with Crippen molar-refractivity contribution in [1.82, 2.24) is 15.4 Å². The predicted molar refractivity (Wildman–Crippen MR) is 125 cm³/mol. The molecule has 2 heterocycles. The van der Waals surface area contributed by atoms with E-state index in [1.54, 1.807) is 7.05 Å². The van der Waals surface area contributed by atoms with E-state index in [-0.39, 0.29) is 24.0 Å². The van der Waals surface area contributed by atoms with Crippen LogP contribution in [-0.2, 0) is 19.5 Å². The van der Waals surface area contributed by atoms with Crippen LogP contribution in [0.5, 0.6) is 0 Å². The van der Waals surface area contributed by atoms with Crippen molar-refractivity contribution in [2.24, 2.45) is 4.99 Å². The summed E-state index contributed by atoms with van der Waals surface area (Å²) in [6.07, 6.45) is 4.85. The predicted octanol–water partition coefficient (Wildman–Crippen LogP) is 4.05. The minimum Gasteiger partial charge on any atom is -0.372 e. The molecular formula is C21H32IN5O. The van der Waals surface area contributed by atoms with Gasteiger partial charge < -0.3 is 19.6 Å². The zero-order valence-electron chi connectivity index (χ0n) is 17.1. The Balaban J connectivity index is 0.00000280. The normalized spacial score (nSPS) is 14.5. The molecule has 1 aromatic carbocycles. The van der Waals surface area contributed by atoms with Crippen molar-refractivity contribution in [2.75, 3.05) is 32.1 Å². The monoisotopic (exact) mass is 497 g/mol. The number of benzene rings is 1. The van der Waals surface area contributed by atoms with Gasteiger partial charge in [-0.1, -0.05) is 24.2 Å². The number of aryl methyl sites for hydroxylation is 1. The van der Waals surface area contributed by atoms with Crippen molar-refractivity contribution in [1.29, 1.82) is 0 Å². The van der Waals surface area contributed by atoms with Crippen LogP contribution in [-0.4, -0.2) is 43.2 Å². The number of piperidine rings is 1. The lowest BCUT2D eigenvalue weighted by Crippen LogP contribution is -2.38. The Kier molecular flexibility index (Phi) is 9.08. The average Bonchev–Trinajstić information content (AvgIpc) is 3.18. The van der Waals surface area contributed by atoms with E-state index in [9.17, 15) is 0 Å².